The van der Waals surface area contributed by atoms with Gasteiger partial charge in [0.25, 0.3) is 0 Å². The lowest BCUT2D eigenvalue weighted by molar-refractivity contribution is -0.129. The van der Waals surface area contributed by atoms with Crippen LogP contribution in [0, 0.1) is 11.3 Å². The van der Waals surface area contributed by atoms with Crippen LogP contribution in [0.2, 0.25) is 0 Å². The molecule has 172 valence electrons. The lowest BCUT2D eigenvalue weighted by Gasteiger charge is -2.42. The molecule has 1 atom stereocenters. The molecule has 1 fully saturated rings. The first kappa shape index (κ1) is 22.7. The molecular formula is C24H25N3O5S. The fourth-order valence-electron chi connectivity index (χ4n) is 4.11. The highest BCUT2D eigenvalue weighted by molar-refractivity contribution is 8.03. The quantitative estimate of drug-likeness (QED) is 0.632. The monoisotopic (exact) mass is 467 g/mol. The van der Waals surface area contributed by atoms with Crippen LogP contribution in [0.1, 0.15) is 17.9 Å². The maximum Gasteiger partial charge on any atom is 0.229 e. The highest BCUT2D eigenvalue weighted by Crippen LogP contribution is 2.47. The second-order valence-electron chi connectivity index (χ2n) is 7.52. The topological polar surface area (TPSA) is 84.3 Å². The Kier molecular flexibility index (Phi) is 6.56. The standard InChI is InChI=1S/C24H25N3O5S/c1-29-17-7-5-16(6-8-17)26-13-27-22(28)11-18(19(12-25)24(27)33-14-26)15-9-20(30-2)23(32-4)21(10-15)31-3/h5-10,18H,11,13-14H2,1-4H3/t18-/m1/s1. The molecule has 33 heavy (non-hydrogen) atoms. The second-order valence-corrected chi connectivity index (χ2v) is 8.45. The summed E-state index contributed by atoms with van der Waals surface area (Å²) < 4.78 is 21.6. The van der Waals surface area contributed by atoms with Gasteiger partial charge in [0.1, 0.15) is 5.75 Å². The zero-order valence-electron chi connectivity index (χ0n) is 19.0. The molecule has 0 unspecified atom stereocenters. The summed E-state index contributed by atoms with van der Waals surface area (Å²) in [7, 11) is 6.26. The van der Waals surface area contributed by atoms with Crippen molar-refractivity contribution in [1.29, 1.82) is 5.26 Å². The van der Waals surface area contributed by atoms with Gasteiger partial charge in [0.15, 0.2) is 11.5 Å². The number of nitrogens with zero attached hydrogens (tertiary/aromatic N) is 3. The Morgan fingerprint density at radius 2 is 1.67 bits per heavy atom. The van der Waals surface area contributed by atoms with Crippen molar-refractivity contribution in [3.63, 3.8) is 0 Å². The molecule has 2 aromatic carbocycles. The fraction of sp³-hybridized carbons (Fsp3) is 0.333. The van der Waals surface area contributed by atoms with E-state index in [0.717, 1.165) is 17.0 Å². The number of benzene rings is 2. The number of rotatable bonds is 6. The maximum absolute atomic E-state index is 13.2. The van der Waals surface area contributed by atoms with Gasteiger partial charge in [-0.2, -0.15) is 5.26 Å². The summed E-state index contributed by atoms with van der Waals surface area (Å²) in [6.07, 6.45) is 0.183. The molecule has 0 aromatic heterocycles. The summed E-state index contributed by atoms with van der Waals surface area (Å²) in [5.74, 6) is 2.44. The van der Waals surface area contributed by atoms with Crippen LogP contribution in [0.25, 0.3) is 0 Å². The Morgan fingerprint density at radius 3 is 2.21 bits per heavy atom. The summed E-state index contributed by atoms with van der Waals surface area (Å²) in [6.45, 7) is 0.390. The normalized spacial score (nSPS) is 17.9. The number of thioether (sulfide) groups is 1. The number of allylic oxidation sites excluding steroid dienone is 1. The number of carbonyl (C=O) groups excluding carboxylic acids is 1. The van der Waals surface area contributed by atoms with E-state index in [1.54, 1.807) is 26.2 Å². The molecule has 2 aliphatic rings. The predicted molar refractivity (Wildman–Crippen MR) is 126 cm³/mol. The summed E-state index contributed by atoms with van der Waals surface area (Å²) in [6, 6.07) is 13.7. The predicted octanol–water partition coefficient (Wildman–Crippen LogP) is 3.94. The molecule has 2 aromatic rings. The number of hydrogen-bond donors (Lipinski definition) is 0. The van der Waals surface area contributed by atoms with E-state index in [9.17, 15) is 10.1 Å². The lowest BCUT2D eigenvalue weighted by Crippen LogP contribution is -2.47. The van der Waals surface area contributed by atoms with Crippen LogP contribution in [-0.2, 0) is 4.79 Å². The Balaban J connectivity index is 1.68. The van der Waals surface area contributed by atoms with E-state index < -0.39 is 0 Å². The van der Waals surface area contributed by atoms with Gasteiger partial charge in [-0.3, -0.25) is 9.69 Å². The zero-order chi connectivity index (χ0) is 23.5. The molecule has 2 aliphatic heterocycles. The molecule has 8 nitrogen and oxygen atoms in total. The first-order valence-electron chi connectivity index (χ1n) is 10.3. The van der Waals surface area contributed by atoms with Crippen LogP contribution in [0.4, 0.5) is 5.69 Å². The molecule has 4 rings (SSSR count). The summed E-state index contributed by atoms with van der Waals surface area (Å²) in [5.41, 5.74) is 2.34. The van der Waals surface area contributed by atoms with E-state index in [0.29, 0.717) is 40.4 Å². The van der Waals surface area contributed by atoms with Crippen molar-refractivity contribution in [2.45, 2.75) is 12.3 Å². The van der Waals surface area contributed by atoms with Gasteiger partial charge in [0.05, 0.1) is 57.7 Å². The van der Waals surface area contributed by atoms with Crippen molar-refractivity contribution in [2.75, 3.05) is 45.9 Å². The average molecular weight is 468 g/mol. The molecule has 0 saturated carbocycles. The zero-order valence-corrected chi connectivity index (χ0v) is 19.8. The van der Waals surface area contributed by atoms with Crippen molar-refractivity contribution in [2.24, 2.45) is 0 Å². The van der Waals surface area contributed by atoms with Crippen LogP contribution >= 0.6 is 11.8 Å². The van der Waals surface area contributed by atoms with Crippen molar-refractivity contribution in [1.82, 2.24) is 4.90 Å². The largest absolute Gasteiger partial charge is 0.497 e. The Morgan fingerprint density at radius 1 is 1.00 bits per heavy atom. The molecule has 0 radical (unpaired) electrons. The van der Waals surface area contributed by atoms with E-state index in [1.165, 1.54) is 18.9 Å². The second kappa shape index (κ2) is 9.55. The molecule has 1 saturated heterocycles. The number of carbonyl (C=O) groups is 1. The molecule has 0 aliphatic carbocycles. The fourth-order valence-corrected chi connectivity index (χ4v) is 5.27. The van der Waals surface area contributed by atoms with Gasteiger partial charge in [0.2, 0.25) is 11.7 Å². The van der Waals surface area contributed by atoms with E-state index in [-0.39, 0.29) is 18.2 Å². The molecular weight excluding hydrogens is 442 g/mol. The highest BCUT2D eigenvalue weighted by atomic mass is 32.2. The third-order valence-corrected chi connectivity index (χ3v) is 6.98. The van der Waals surface area contributed by atoms with Gasteiger partial charge in [-0.05, 0) is 42.0 Å². The first-order chi connectivity index (χ1) is 16.0. The van der Waals surface area contributed by atoms with Crippen LogP contribution < -0.4 is 23.8 Å². The van der Waals surface area contributed by atoms with Gasteiger partial charge < -0.3 is 23.8 Å². The molecule has 0 spiro atoms. The summed E-state index contributed by atoms with van der Waals surface area (Å²) in [4.78, 5) is 17.0. The van der Waals surface area contributed by atoms with Gasteiger partial charge >= 0.3 is 0 Å². The van der Waals surface area contributed by atoms with Gasteiger partial charge in [-0.1, -0.05) is 11.8 Å². The van der Waals surface area contributed by atoms with Gasteiger partial charge in [-0.15, -0.1) is 0 Å². The third-order valence-electron chi connectivity index (χ3n) is 5.82. The van der Waals surface area contributed by atoms with Gasteiger partial charge in [0, 0.05) is 18.0 Å². The molecule has 9 heteroatoms. The maximum atomic E-state index is 13.2. The number of anilines is 1. The minimum absolute atomic E-state index is 0.0338. The lowest BCUT2D eigenvalue weighted by atomic mass is 9.86. The van der Waals surface area contributed by atoms with Crippen molar-refractivity contribution < 1.29 is 23.7 Å². The minimum atomic E-state index is -0.387. The highest BCUT2D eigenvalue weighted by Gasteiger charge is 2.39. The van der Waals surface area contributed by atoms with E-state index in [1.807, 2.05) is 36.4 Å². The van der Waals surface area contributed by atoms with Crippen LogP contribution in [-0.4, -0.2) is 51.8 Å². The van der Waals surface area contributed by atoms with E-state index >= 15 is 0 Å². The number of nitriles is 1. The van der Waals surface area contributed by atoms with Gasteiger partial charge in [-0.25, -0.2) is 0 Å². The Labute approximate surface area is 197 Å². The Hall–Kier alpha value is -3.51. The minimum Gasteiger partial charge on any atom is -0.497 e. The molecule has 0 N–H and O–H groups in total. The van der Waals surface area contributed by atoms with Crippen LogP contribution in [0.5, 0.6) is 23.0 Å². The first-order valence-corrected chi connectivity index (χ1v) is 11.3. The third kappa shape index (κ3) is 4.14. The smallest absolute Gasteiger partial charge is 0.229 e. The number of hydrogen-bond acceptors (Lipinski definition) is 8. The summed E-state index contributed by atoms with van der Waals surface area (Å²) in [5, 5.41) is 10.8. The molecule has 2 heterocycles. The van der Waals surface area contributed by atoms with E-state index in [2.05, 4.69) is 11.0 Å². The van der Waals surface area contributed by atoms with E-state index in [4.69, 9.17) is 18.9 Å². The van der Waals surface area contributed by atoms with Crippen LogP contribution in [0.3, 0.4) is 0 Å². The van der Waals surface area contributed by atoms with Crippen molar-refractivity contribution in [3.05, 3.63) is 52.6 Å². The Bertz CT molecular complexity index is 1100. The number of ether oxygens (including phenoxy) is 4. The molecule has 0 bridgehead atoms. The number of methoxy groups -OCH3 is 4. The number of fused-ring (bicyclic) bond motifs is 1. The SMILES string of the molecule is COc1ccc(N2CSC3=C(C#N)[C@@H](c4cc(OC)c(OC)c(OC)c4)CC(=O)N3C2)cc1. The van der Waals surface area contributed by atoms with Crippen LogP contribution in [0.15, 0.2) is 47.0 Å². The summed E-state index contributed by atoms with van der Waals surface area (Å²) >= 11 is 1.49. The average Bonchev–Trinajstić information content (AvgIpc) is 2.87. The molecule has 1 amide bonds. The number of amides is 1. The van der Waals surface area contributed by atoms with Crippen molar-refractivity contribution in [3.8, 4) is 29.1 Å². The van der Waals surface area contributed by atoms with Crippen molar-refractivity contribution >= 4 is 23.4 Å².